The number of aliphatic hydroxyl groups is 1. The van der Waals surface area contributed by atoms with Gasteiger partial charge in [-0.3, -0.25) is 0 Å². The van der Waals surface area contributed by atoms with Crippen LogP contribution in [0.1, 0.15) is 25.3 Å². The molecule has 0 saturated heterocycles. The average molecular weight is 250 g/mol. The summed E-state index contributed by atoms with van der Waals surface area (Å²) in [7, 11) is 1.66. The van der Waals surface area contributed by atoms with Crippen molar-refractivity contribution in [3.8, 4) is 5.75 Å². The molecule has 0 spiro atoms. The van der Waals surface area contributed by atoms with E-state index in [0.29, 0.717) is 18.9 Å². The minimum atomic E-state index is -0.450. The number of para-hydroxylation sites is 1. The minimum Gasteiger partial charge on any atom is -0.496 e. The summed E-state index contributed by atoms with van der Waals surface area (Å²) in [5, 5.41) is 10.3. The van der Waals surface area contributed by atoms with Crippen LogP contribution in [-0.2, 0) is 11.2 Å². The molecule has 1 aromatic rings. The van der Waals surface area contributed by atoms with Gasteiger partial charge in [0.25, 0.3) is 0 Å². The van der Waals surface area contributed by atoms with Crippen LogP contribution < -0.4 is 4.74 Å². The summed E-state index contributed by atoms with van der Waals surface area (Å²) < 4.78 is 11.0. The lowest BCUT2D eigenvalue weighted by atomic mass is 10.00. The normalized spacial score (nSPS) is 18.4. The summed E-state index contributed by atoms with van der Waals surface area (Å²) in [5.41, 5.74) is 1.04. The molecule has 0 aromatic heterocycles. The van der Waals surface area contributed by atoms with E-state index in [9.17, 15) is 5.11 Å². The molecule has 1 aromatic carbocycles. The van der Waals surface area contributed by atoms with Crippen LogP contribution in [0.3, 0.4) is 0 Å². The molecular formula is C15H22O3. The highest BCUT2D eigenvalue weighted by Gasteiger charge is 2.36. The Kier molecular flexibility index (Phi) is 4.61. The van der Waals surface area contributed by atoms with Gasteiger partial charge >= 0.3 is 0 Å². The Morgan fingerprint density at radius 3 is 2.67 bits per heavy atom. The van der Waals surface area contributed by atoms with Gasteiger partial charge in [0.05, 0.1) is 19.3 Å². The highest BCUT2D eigenvalue weighted by atomic mass is 16.5. The van der Waals surface area contributed by atoms with Crippen LogP contribution in [0.25, 0.3) is 0 Å². The Balaban J connectivity index is 2.02. The molecule has 2 atom stereocenters. The van der Waals surface area contributed by atoms with Gasteiger partial charge < -0.3 is 14.6 Å². The van der Waals surface area contributed by atoms with Gasteiger partial charge in [-0.05, 0) is 37.3 Å². The lowest BCUT2D eigenvalue weighted by Gasteiger charge is -2.23. The third-order valence-electron chi connectivity index (χ3n) is 3.45. The number of ether oxygens (including phenoxy) is 2. The third-order valence-corrected chi connectivity index (χ3v) is 3.45. The minimum absolute atomic E-state index is 0.0279. The van der Waals surface area contributed by atoms with Crippen molar-refractivity contribution in [2.45, 2.75) is 38.4 Å². The maximum absolute atomic E-state index is 10.3. The second kappa shape index (κ2) is 6.21. The maximum atomic E-state index is 10.3. The van der Waals surface area contributed by atoms with E-state index >= 15 is 0 Å². The molecule has 2 rings (SSSR count). The van der Waals surface area contributed by atoms with E-state index in [4.69, 9.17) is 9.47 Å². The van der Waals surface area contributed by atoms with Crippen LogP contribution in [0.2, 0.25) is 0 Å². The van der Waals surface area contributed by atoms with Crippen LogP contribution in [-0.4, -0.2) is 31.0 Å². The molecule has 0 bridgehead atoms. The van der Waals surface area contributed by atoms with E-state index in [2.05, 4.69) is 0 Å². The SMILES string of the molecule is CCOC(C(O)Cc1ccccc1OC)C1CC1. The standard InChI is InChI=1S/C15H22O3/c1-3-18-15(11-8-9-11)13(16)10-12-6-4-5-7-14(12)17-2/h4-7,11,13,15-16H,3,8-10H2,1-2H3. The summed E-state index contributed by atoms with van der Waals surface area (Å²) in [6.45, 7) is 2.63. The van der Waals surface area contributed by atoms with Crippen molar-refractivity contribution in [1.29, 1.82) is 0 Å². The van der Waals surface area contributed by atoms with Crippen LogP contribution >= 0.6 is 0 Å². The number of benzene rings is 1. The molecule has 1 N–H and O–H groups in total. The van der Waals surface area contributed by atoms with Crippen molar-refractivity contribution < 1.29 is 14.6 Å². The first-order valence-corrected chi connectivity index (χ1v) is 6.67. The molecule has 0 aliphatic heterocycles. The Hall–Kier alpha value is -1.06. The van der Waals surface area contributed by atoms with E-state index < -0.39 is 6.10 Å². The molecule has 0 heterocycles. The molecule has 1 fully saturated rings. The van der Waals surface area contributed by atoms with Crippen LogP contribution in [0, 0.1) is 5.92 Å². The monoisotopic (exact) mass is 250 g/mol. The fraction of sp³-hybridized carbons (Fsp3) is 0.600. The van der Waals surface area contributed by atoms with Crippen LogP contribution in [0.4, 0.5) is 0 Å². The molecule has 1 saturated carbocycles. The van der Waals surface area contributed by atoms with E-state index in [1.807, 2.05) is 31.2 Å². The fourth-order valence-corrected chi connectivity index (χ4v) is 2.39. The first-order chi connectivity index (χ1) is 8.76. The summed E-state index contributed by atoms with van der Waals surface area (Å²) in [4.78, 5) is 0. The first-order valence-electron chi connectivity index (χ1n) is 6.67. The molecule has 0 radical (unpaired) electrons. The first kappa shape index (κ1) is 13.4. The number of aliphatic hydroxyl groups excluding tert-OH is 1. The summed E-state index contributed by atoms with van der Waals surface area (Å²) in [6, 6.07) is 7.83. The van der Waals surface area contributed by atoms with Crippen molar-refractivity contribution in [2.75, 3.05) is 13.7 Å². The van der Waals surface area contributed by atoms with Crippen molar-refractivity contribution in [2.24, 2.45) is 5.92 Å². The van der Waals surface area contributed by atoms with Crippen molar-refractivity contribution >= 4 is 0 Å². The predicted octanol–water partition coefficient (Wildman–Crippen LogP) is 2.41. The quantitative estimate of drug-likeness (QED) is 0.807. The predicted molar refractivity (Wildman–Crippen MR) is 70.8 cm³/mol. The molecule has 0 amide bonds. The van der Waals surface area contributed by atoms with Gasteiger partial charge in [0.15, 0.2) is 0 Å². The fourth-order valence-electron chi connectivity index (χ4n) is 2.39. The molecule has 1 aliphatic carbocycles. The van der Waals surface area contributed by atoms with Gasteiger partial charge in [0.2, 0.25) is 0 Å². The van der Waals surface area contributed by atoms with E-state index in [-0.39, 0.29) is 6.10 Å². The molecule has 100 valence electrons. The van der Waals surface area contributed by atoms with Gasteiger partial charge in [0, 0.05) is 13.0 Å². The van der Waals surface area contributed by atoms with E-state index in [0.717, 1.165) is 11.3 Å². The molecule has 2 unspecified atom stereocenters. The molecule has 3 nitrogen and oxygen atoms in total. The van der Waals surface area contributed by atoms with Gasteiger partial charge in [0.1, 0.15) is 5.75 Å². The number of rotatable bonds is 7. The Labute approximate surface area is 109 Å². The highest BCUT2D eigenvalue weighted by molar-refractivity contribution is 5.33. The van der Waals surface area contributed by atoms with Gasteiger partial charge in [-0.25, -0.2) is 0 Å². The Bertz CT molecular complexity index is 374. The van der Waals surface area contributed by atoms with E-state index in [1.165, 1.54) is 12.8 Å². The van der Waals surface area contributed by atoms with E-state index in [1.54, 1.807) is 7.11 Å². The maximum Gasteiger partial charge on any atom is 0.122 e. The zero-order valence-corrected chi connectivity index (χ0v) is 11.1. The molecule has 1 aliphatic rings. The second-order valence-electron chi connectivity index (χ2n) is 4.84. The van der Waals surface area contributed by atoms with Crippen LogP contribution in [0.15, 0.2) is 24.3 Å². The Morgan fingerprint density at radius 2 is 2.06 bits per heavy atom. The topological polar surface area (TPSA) is 38.7 Å². The highest BCUT2D eigenvalue weighted by Crippen LogP contribution is 2.37. The third kappa shape index (κ3) is 3.24. The summed E-state index contributed by atoms with van der Waals surface area (Å²) >= 11 is 0. The molecular weight excluding hydrogens is 228 g/mol. The number of hydrogen-bond donors (Lipinski definition) is 1. The lowest BCUT2D eigenvalue weighted by Crippen LogP contribution is -2.33. The zero-order chi connectivity index (χ0) is 13.0. The average Bonchev–Trinajstić information content (AvgIpc) is 3.20. The number of hydrogen-bond acceptors (Lipinski definition) is 3. The zero-order valence-electron chi connectivity index (χ0n) is 11.1. The molecule has 18 heavy (non-hydrogen) atoms. The largest absolute Gasteiger partial charge is 0.496 e. The Morgan fingerprint density at radius 1 is 1.33 bits per heavy atom. The lowest BCUT2D eigenvalue weighted by molar-refractivity contribution is -0.0441. The van der Waals surface area contributed by atoms with Crippen molar-refractivity contribution in [1.82, 2.24) is 0 Å². The van der Waals surface area contributed by atoms with Gasteiger partial charge in [-0.2, -0.15) is 0 Å². The second-order valence-corrected chi connectivity index (χ2v) is 4.84. The van der Waals surface area contributed by atoms with Gasteiger partial charge in [-0.1, -0.05) is 18.2 Å². The summed E-state index contributed by atoms with van der Waals surface area (Å²) in [5.74, 6) is 1.37. The summed E-state index contributed by atoms with van der Waals surface area (Å²) in [6.07, 6.45) is 2.46. The van der Waals surface area contributed by atoms with Crippen LogP contribution in [0.5, 0.6) is 5.75 Å². The number of methoxy groups -OCH3 is 1. The van der Waals surface area contributed by atoms with Crippen molar-refractivity contribution in [3.63, 3.8) is 0 Å². The van der Waals surface area contributed by atoms with Crippen molar-refractivity contribution in [3.05, 3.63) is 29.8 Å². The smallest absolute Gasteiger partial charge is 0.122 e. The van der Waals surface area contributed by atoms with Gasteiger partial charge in [-0.15, -0.1) is 0 Å². The molecule has 3 heteroatoms.